The molecule has 1 fully saturated rings. The topological polar surface area (TPSA) is 76.8 Å². The van der Waals surface area contributed by atoms with Gasteiger partial charge >= 0.3 is 5.97 Å². The van der Waals surface area contributed by atoms with Crippen LogP contribution in [0, 0.1) is 5.92 Å². The van der Waals surface area contributed by atoms with Gasteiger partial charge in [0.05, 0.1) is 27.4 Å². The number of ketones is 1. The van der Waals surface area contributed by atoms with Crippen molar-refractivity contribution in [2.75, 3.05) is 13.2 Å². The monoisotopic (exact) mass is 411 g/mol. The molecular weight excluding hydrogens is 398 g/mol. The van der Waals surface area contributed by atoms with Gasteiger partial charge in [-0.15, -0.1) is 11.3 Å². The molecule has 8 heteroatoms. The molecule has 0 aliphatic carbocycles. The second kappa shape index (κ2) is 7.31. The normalized spacial score (nSPS) is 17.3. The Hall–Kier alpha value is -1.93. The molecule has 1 amide bonds. The largest absolute Gasteiger partial charge is 0.467 e. The van der Waals surface area contributed by atoms with E-state index in [0.29, 0.717) is 17.2 Å². The number of amides is 1. The number of hydrogen-bond donors (Lipinski definition) is 0. The lowest BCUT2D eigenvalue weighted by Crippen LogP contribution is -2.26. The van der Waals surface area contributed by atoms with Crippen LogP contribution in [0.4, 0.5) is 0 Å². The van der Waals surface area contributed by atoms with Crippen LogP contribution < -0.4 is 0 Å². The van der Waals surface area contributed by atoms with Crippen LogP contribution >= 0.6 is 27.3 Å². The minimum atomic E-state index is -0.546. The van der Waals surface area contributed by atoms with Crippen LogP contribution in [-0.4, -0.2) is 35.7 Å². The van der Waals surface area contributed by atoms with E-state index in [9.17, 15) is 14.4 Å². The summed E-state index contributed by atoms with van der Waals surface area (Å²) in [6.07, 6.45) is 1.63. The number of carbonyl (C=O) groups is 3. The number of nitrogens with zero attached hydrogens (tertiary/aromatic N) is 1. The Balaban J connectivity index is 1.50. The van der Waals surface area contributed by atoms with E-state index in [1.807, 2.05) is 0 Å². The summed E-state index contributed by atoms with van der Waals surface area (Å²) in [5.74, 6) is -0.780. The zero-order chi connectivity index (χ0) is 17.1. The van der Waals surface area contributed by atoms with Gasteiger partial charge in [-0.05, 0) is 40.2 Å². The molecule has 2 aromatic rings. The van der Waals surface area contributed by atoms with Gasteiger partial charge in [0, 0.05) is 13.0 Å². The molecule has 0 N–H and O–H groups in total. The number of Topliss-reactive ketones (excluding diaryl/α,β-unsaturated/α-hetero) is 1. The average molecular weight is 412 g/mol. The minimum Gasteiger partial charge on any atom is -0.467 e. The Morgan fingerprint density at radius 2 is 2.21 bits per heavy atom. The minimum absolute atomic E-state index is 0.0955. The molecule has 3 rings (SSSR count). The molecule has 24 heavy (non-hydrogen) atoms. The van der Waals surface area contributed by atoms with Crippen LogP contribution in [0.3, 0.4) is 0 Å². The number of rotatable bonds is 6. The maximum atomic E-state index is 12.1. The van der Waals surface area contributed by atoms with E-state index in [1.165, 1.54) is 17.6 Å². The molecule has 2 aromatic heterocycles. The molecule has 0 aromatic carbocycles. The fourth-order valence-electron chi connectivity index (χ4n) is 2.46. The van der Waals surface area contributed by atoms with Crippen molar-refractivity contribution in [1.29, 1.82) is 0 Å². The molecule has 1 aliphatic rings. The highest BCUT2D eigenvalue weighted by Crippen LogP contribution is 2.24. The lowest BCUT2D eigenvalue weighted by Gasteiger charge is -2.14. The maximum absolute atomic E-state index is 12.1. The first-order chi connectivity index (χ1) is 11.5. The first-order valence-corrected chi connectivity index (χ1v) is 8.89. The summed E-state index contributed by atoms with van der Waals surface area (Å²) in [7, 11) is 0. The van der Waals surface area contributed by atoms with Crippen LogP contribution in [-0.2, 0) is 20.9 Å². The molecule has 1 atom stereocenters. The summed E-state index contributed by atoms with van der Waals surface area (Å²) >= 11 is 4.57. The molecule has 126 valence electrons. The third kappa shape index (κ3) is 3.93. The molecule has 1 saturated heterocycles. The maximum Gasteiger partial charge on any atom is 0.311 e. The first kappa shape index (κ1) is 16.9. The second-order valence-electron chi connectivity index (χ2n) is 5.39. The van der Waals surface area contributed by atoms with Gasteiger partial charge in [0.2, 0.25) is 11.7 Å². The van der Waals surface area contributed by atoms with Gasteiger partial charge in [-0.2, -0.15) is 0 Å². The van der Waals surface area contributed by atoms with Crippen LogP contribution in [0.1, 0.15) is 21.9 Å². The number of carbonyl (C=O) groups excluding carboxylic acids is 3. The van der Waals surface area contributed by atoms with Gasteiger partial charge in [0.15, 0.2) is 6.61 Å². The van der Waals surface area contributed by atoms with Crippen LogP contribution in [0.5, 0.6) is 0 Å². The van der Waals surface area contributed by atoms with E-state index >= 15 is 0 Å². The summed E-state index contributed by atoms with van der Waals surface area (Å²) in [6, 6.07) is 6.96. The number of halogens is 1. The SMILES string of the molecule is O=C(COC(=O)[C@@H]1CC(=O)N(Cc2ccco2)C1)c1ccc(Br)s1. The second-order valence-corrected chi connectivity index (χ2v) is 7.85. The van der Waals surface area contributed by atoms with Gasteiger partial charge in [0.25, 0.3) is 0 Å². The number of esters is 1. The third-order valence-corrected chi connectivity index (χ3v) is 5.33. The highest BCUT2D eigenvalue weighted by atomic mass is 79.9. The highest BCUT2D eigenvalue weighted by Gasteiger charge is 2.35. The highest BCUT2D eigenvalue weighted by molar-refractivity contribution is 9.11. The summed E-state index contributed by atoms with van der Waals surface area (Å²) in [5, 5.41) is 0. The summed E-state index contributed by atoms with van der Waals surface area (Å²) in [6.45, 7) is 0.295. The van der Waals surface area contributed by atoms with Crippen molar-refractivity contribution >= 4 is 44.9 Å². The Labute approximate surface area is 150 Å². The number of ether oxygens (including phenoxy) is 1. The van der Waals surface area contributed by atoms with Gasteiger partial charge in [0.1, 0.15) is 5.76 Å². The smallest absolute Gasteiger partial charge is 0.311 e. The van der Waals surface area contributed by atoms with Gasteiger partial charge in [-0.1, -0.05) is 0 Å². The van der Waals surface area contributed by atoms with E-state index in [-0.39, 0.29) is 31.3 Å². The Kier molecular flexibility index (Phi) is 5.15. The molecule has 0 unspecified atom stereocenters. The zero-order valence-electron chi connectivity index (χ0n) is 12.6. The molecule has 0 radical (unpaired) electrons. The van der Waals surface area contributed by atoms with E-state index < -0.39 is 11.9 Å². The fraction of sp³-hybridized carbons (Fsp3) is 0.312. The Bertz CT molecular complexity index is 754. The third-order valence-electron chi connectivity index (χ3n) is 3.67. The Morgan fingerprint density at radius 1 is 1.38 bits per heavy atom. The van der Waals surface area contributed by atoms with Crippen LogP contribution in [0.2, 0.25) is 0 Å². The van der Waals surface area contributed by atoms with Gasteiger partial charge < -0.3 is 14.1 Å². The van der Waals surface area contributed by atoms with Crippen molar-refractivity contribution in [3.8, 4) is 0 Å². The number of hydrogen-bond acceptors (Lipinski definition) is 6. The molecular formula is C16H14BrNO5S. The van der Waals surface area contributed by atoms with Crippen molar-refractivity contribution in [2.24, 2.45) is 5.92 Å². The molecule has 6 nitrogen and oxygen atoms in total. The van der Waals surface area contributed by atoms with Gasteiger partial charge in [-0.25, -0.2) is 0 Å². The van der Waals surface area contributed by atoms with Gasteiger partial charge in [-0.3, -0.25) is 14.4 Å². The van der Waals surface area contributed by atoms with Crippen LogP contribution in [0.25, 0.3) is 0 Å². The van der Waals surface area contributed by atoms with Crippen molar-refractivity contribution in [3.05, 3.63) is 45.0 Å². The van der Waals surface area contributed by atoms with Crippen LogP contribution in [0.15, 0.2) is 38.7 Å². The van der Waals surface area contributed by atoms with Crippen molar-refractivity contribution in [2.45, 2.75) is 13.0 Å². The molecule has 0 bridgehead atoms. The van der Waals surface area contributed by atoms with Crippen molar-refractivity contribution < 1.29 is 23.5 Å². The number of furan rings is 1. The van der Waals surface area contributed by atoms with E-state index in [1.54, 1.807) is 29.2 Å². The van der Waals surface area contributed by atoms with E-state index in [2.05, 4.69) is 15.9 Å². The number of thiophene rings is 1. The molecule has 3 heterocycles. The number of likely N-dealkylation sites (tertiary alicyclic amines) is 1. The summed E-state index contributed by atoms with van der Waals surface area (Å²) < 4.78 is 11.1. The quantitative estimate of drug-likeness (QED) is 0.539. The van der Waals surface area contributed by atoms with Crippen molar-refractivity contribution in [3.63, 3.8) is 0 Å². The molecule has 0 saturated carbocycles. The first-order valence-electron chi connectivity index (χ1n) is 7.28. The predicted octanol–water partition coefficient (Wildman–Crippen LogP) is 2.88. The zero-order valence-corrected chi connectivity index (χ0v) is 15.0. The summed E-state index contributed by atoms with van der Waals surface area (Å²) in [5.41, 5.74) is 0. The average Bonchev–Trinajstić information content (AvgIpc) is 3.28. The standard InChI is InChI=1S/C16H14BrNO5S/c17-14-4-3-13(24-14)12(19)9-23-16(21)10-6-15(20)18(7-10)8-11-2-1-5-22-11/h1-5,10H,6-9H2/t10-/m1/s1. The lowest BCUT2D eigenvalue weighted by molar-refractivity contribution is -0.147. The Morgan fingerprint density at radius 3 is 2.88 bits per heavy atom. The molecule has 1 aliphatic heterocycles. The van der Waals surface area contributed by atoms with E-state index in [0.717, 1.165) is 3.79 Å². The summed E-state index contributed by atoms with van der Waals surface area (Å²) in [4.78, 5) is 38.1. The van der Waals surface area contributed by atoms with E-state index in [4.69, 9.17) is 9.15 Å². The predicted molar refractivity (Wildman–Crippen MR) is 89.5 cm³/mol. The fourth-order valence-corrected chi connectivity index (χ4v) is 3.77. The van der Waals surface area contributed by atoms with Crippen molar-refractivity contribution in [1.82, 2.24) is 4.90 Å². The molecule has 0 spiro atoms. The lowest BCUT2D eigenvalue weighted by atomic mass is 10.1.